The Kier molecular flexibility index (Phi) is 5.69. The maximum Gasteiger partial charge on any atom is 0.329 e. The Bertz CT molecular complexity index is 1180. The van der Waals surface area contributed by atoms with Gasteiger partial charge in [0.05, 0.1) is 5.71 Å². The van der Waals surface area contributed by atoms with Crippen molar-refractivity contribution in [3.63, 3.8) is 0 Å². The van der Waals surface area contributed by atoms with Crippen LogP contribution in [-0.2, 0) is 13.6 Å². The summed E-state index contributed by atoms with van der Waals surface area (Å²) in [6.45, 7) is 4.17. The fourth-order valence-corrected chi connectivity index (χ4v) is 2.66. The van der Waals surface area contributed by atoms with Crippen molar-refractivity contribution in [2.75, 3.05) is 5.43 Å². The minimum Gasteiger partial charge on any atom is -0.299 e. The van der Waals surface area contributed by atoms with Crippen LogP contribution in [-0.4, -0.2) is 24.8 Å². The number of benzene rings is 1. The van der Waals surface area contributed by atoms with E-state index in [1.54, 1.807) is 11.6 Å². The van der Waals surface area contributed by atoms with Crippen LogP contribution in [0.25, 0.3) is 17.2 Å². The molecule has 0 saturated carbocycles. The van der Waals surface area contributed by atoms with Gasteiger partial charge in [0.2, 0.25) is 5.95 Å². The molecule has 2 aromatic heterocycles. The number of anilines is 1. The number of hydrogen-bond acceptors (Lipinski definition) is 5. The van der Waals surface area contributed by atoms with Crippen molar-refractivity contribution in [1.82, 2.24) is 19.1 Å². The van der Waals surface area contributed by atoms with E-state index in [1.807, 2.05) is 68.5 Å². The van der Waals surface area contributed by atoms with Crippen molar-refractivity contribution in [2.45, 2.75) is 20.4 Å². The van der Waals surface area contributed by atoms with Crippen LogP contribution in [0, 0.1) is 0 Å². The maximum atomic E-state index is 12.3. The molecule has 3 rings (SSSR count). The lowest BCUT2D eigenvalue weighted by molar-refractivity contribution is 0.818. The first kappa shape index (κ1) is 19.1. The minimum absolute atomic E-state index is 0.299. The molecule has 0 unspecified atom stereocenters. The van der Waals surface area contributed by atoms with Crippen LogP contribution in [0.15, 0.2) is 63.3 Å². The maximum absolute atomic E-state index is 12.3. The monoisotopic (exact) mass is 378 g/mol. The molecular formula is C20H22N6O2. The van der Waals surface area contributed by atoms with Gasteiger partial charge in [-0.2, -0.15) is 10.1 Å². The fraction of sp³-hybridized carbons (Fsp3) is 0.200. The molecule has 2 N–H and O–H groups in total. The van der Waals surface area contributed by atoms with Gasteiger partial charge in [-0.25, -0.2) is 10.2 Å². The lowest BCUT2D eigenvalue weighted by Gasteiger charge is -2.05. The third-order valence-electron chi connectivity index (χ3n) is 4.18. The smallest absolute Gasteiger partial charge is 0.299 e. The second-order valence-electron chi connectivity index (χ2n) is 6.21. The summed E-state index contributed by atoms with van der Waals surface area (Å²) >= 11 is 0. The summed E-state index contributed by atoms with van der Waals surface area (Å²) in [4.78, 5) is 30.9. The molecule has 3 aromatic rings. The van der Waals surface area contributed by atoms with E-state index in [4.69, 9.17) is 0 Å². The molecule has 1 aromatic carbocycles. The van der Waals surface area contributed by atoms with Crippen molar-refractivity contribution in [2.24, 2.45) is 12.1 Å². The lowest BCUT2D eigenvalue weighted by Crippen LogP contribution is -2.29. The number of allylic oxidation sites excluding steroid dienone is 3. The van der Waals surface area contributed by atoms with Crippen LogP contribution in [0.5, 0.6) is 0 Å². The van der Waals surface area contributed by atoms with E-state index in [0.717, 1.165) is 11.3 Å². The van der Waals surface area contributed by atoms with Crippen molar-refractivity contribution in [3.05, 3.63) is 75.0 Å². The van der Waals surface area contributed by atoms with Crippen molar-refractivity contribution in [3.8, 4) is 0 Å². The highest BCUT2D eigenvalue weighted by Gasteiger charge is 2.16. The van der Waals surface area contributed by atoms with E-state index < -0.39 is 11.2 Å². The van der Waals surface area contributed by atoms with Gasteiger partial charge in [-0.15, -0.1) is 0 Å². The number of hydrazone groups is 1. The average molecular weight is 378 g/mol. The van der Waals surface area contributed by atoms with Gasteiger partial charge in [0.15, 0.2) is 11.2 Å². The Hall–Kier alpha value is -3.68. The molecule has 0 saturated heterocycles. The largest absolute Gasteiger partial charge is 0.329 e. The number of nitrogens with one attached hydrogen (secondary N) is 2. The zero-order valence-corrected chi connectivity index (χ0v) is 16.0. The molecule has 144 valence electrons. The third kappa shape index (κ3) is 4.01. The SMILES string of the molecule is CC=CCn1c(NN=C(C)C=Cc2ccccc2)nc2c1c(=O)[nH]c(=O)n2C. The highest BCUT2D eigenvalue weighted by molar-refractivity contribution is 5.96. The molecule has 0 amide bonds. The Balaban J connectivity index is 1.96. The summed E-state index contributed by atoms with van der Waals surface area (Å²) in [5.74, 6) is 0.382. The van der Waals surface area contributed by atoms with Gasteiger partial charge in [0.1, 0.15) is 0 Å². The van der Waals surface area contributed by atoms with Crippen LogP contribution >= 0.6 is 0 Å². The molecule has 0 atom stereocenters. The van der Waals surface area contributed by atoms with E-state index in [9.17, 15) is 9.59 Å². The highest BCUT2D eigenvalue weighted by atomic mass is 16.2. The number of imidazole rings is 1. The predicted octanol–water partition coefficient (Wildman–Crippen LogP) is 2.50. The Morgan fingerprint density at radius 1 is 1.29 bits per heavy atom. The number of aromatic nitrogens is 4. The number of aryl methyl sites for hydroxylation is 1. The van der Waals surface area contributed by atoms with Gasteiger partial charge >= 0.3 is 5.69 Å². The lowest BCUT2D eigenvalue weighted by atomic mass is 10.2. The summed E-state index contributed by atoms with van der Waals surface area (Å²) in [6.07, 6.45) is 7.60. The summed E-state index contributed by atoms with van der Waals surface area (Å²) < 4.78 is 2.99. The van der Waals surface area contributed by atoms with Gasteiger partial charge in [0.25, 0.3) is 5.56 Å². The molecule has 28 heavy (non-hydrogen) atoms. The second-order valence-corrected chi connectivity index (χ2v) is 6.21. The van der Waals surface area contributed by atoms with Crippen LogP contribution < -0.4 is 16.7 Å². The van der Waals surface area contributed by atoms with Crippen molar-refractivity contribution >= 4 is 28.9 Å². The molecule has 0 fully saturated rings. The first-order chi connectivity index (χ1) is 13.5. The third-order valence-corrected chi connectivity index (χ3v) is 4.18. The van der Waals surface area contributed by atoms with Crippen LogP contribution in [0.3, 0.4) is 0 Å². The number of fused-ring (bicyclic) bond motifs is 1. The van der Waals surface area contributed by atoms with Gasteiger partial charge in [-0.1, -0.05) is 48.6 Å². The van der Waals surface area contributed by atoms with E-state index in [2.05, 4.69) is 20.5 Å². The molecule has 8 nitrogen and oxygen atoms in total. The molecule has 0 radical (unpaired) electrons. The number of rotatable bonds is 6. The molecule has 0 spiro atoms. The highest BCUT2D eigenvalue weighted by Crippen LogP contribution is 2.15. The van der Waals surface area contributed by atoms with E-state index in [-0.39, 0.29) is 0 Å². The normalized spacial score (nSPS) is 12.5. The van der Waals surface area contributed by atoms with Crippen LogP contribution in [0.1, 0.15) is 19.4 Å². The van der Waals surface area contributed by atoms with E-state index >= 15 is 0 Å². The number of nitrogens with zero attached hydrogens (tertiary/aromatic N) is 4. The van der Waals surface area contributed by atoms with Crippen molar-refractivity contribution < 1.29 is 0 Å². The van der Waals surface area contributed by atoms with Crippen molar-refractivity contribution in [1.29, 1.82) is 0 Å². The first-order valence-electron chi connectivity index (χ1n) is 8.85. The fourth-order valence-electron chi connectivity index (χ4n) is 2.66. The number of aromatic amines is 1. The van der Waals surface area contributed by atoms with Gasteiger partial charge < -0.3 is 0 Å². The van der Waals surface area contributed by atoms with Crippen LogP contribution in [0.2, 0.25) is 0 Å². The standard InChI is InChI=1S/C20H22N6O2/c1-4-5-13-26-16-17(25(3)20(28)22-18(16)27)21-19(26)24-23-14(2)11-12-15-9-7-6-8-10-15/h4-12H,13H2,1-3H3,(H,21,24)(H,22,27,28). The molecule has 0 aliphatic rings. The average Bonchev–Trinajstić information content (AvgIpc) is 3.07. The molecule has 8 heteroatoms. The predicted molar refractivity (Wildman–Crippen MR) is 113 cm³/mol. The van der Waals surface area contributed by atoms with E-state index in [0.29, 0.717) is 23.7 Å². The molecule has 0 aliphatic heterocycles. The molecule has 0 bridgehead atoms. The second kappa shape index (κ2) is 8.34. The summed E-state index contributed by atoms with van der Waals surface area (Å²) in [7, 11) is 1.56. The van der Waals surface area contributed by atoms with Gasteiger partial charge in [-0.05, 0) is 25.5 Å². The summed E-state index contributed by atoms with van der Waals surface area (Å²) in [6, 6.07) is 9.90. The topological polar surface area (TPSA) is 97.1 Å². The van der Waals surface area contributed by atoms with E-state index in [1.165, 1.54) is 4.57 Å². The Morgan fingerprint density at radius 3 is 2.75 bits per heavy atom. The summed E-state index contributed by atoms with van der Waals surface area (Å²) in [5.41, 5.74) is 4.34. The zero-order valence-electron chi connectivity index (χ0n) is 16.0. The molecule has 2 heterocycles. The van der Waals surface area contributed by atoms with Gasteiger partial charge in [-0.3, -0.25) is 18.9 Å². The van der Waals surface area contributed by atoms with Crippen LogP contribution in [0.4, 0.5) is 5.95 Å². The first-order valence-corrected chi connectivity index (χ1v) is 8.85. The summed E-state index contributed by atoms with van der Waals surface area (Å²) in [5, 5.41) is 4.33. The quantitative estimate of drug-likeness (QED) is 0.391. The Morgan fingerprint density at radius 2 is 2.04 bits per heavy atom. The minimum atomic E-state index is -0.509. The zero-order chi connectivity index (χ0) is 20.1. The Labute approximate surface area is 161 Å². The molecule has 0 aliphatic carbocycles. The molecular weight excluding hydrogens is 356 g/mol. The number of H-pyrrole nitrogens is 1. The van der Waals surface area contributed by atoms with Gasteiger partial charge in [0, 0.05) is 13.6 Å². The number of hydrogen-bond donors (Lipinski definition) is 2.